The summed E-state index contributed by atoms with van der Waals surface area (Å²) in [7, 11) is 0. The van der Waals surface area contributed by atoms with E-state index in [1.165, 1.54) is 0 Å². The molecule has 7 heteroatoms. The Labute approximate surface area is 103 Å². The number of halogens is 3. The highest BCUT2D eigenvalue weighted by molar-refractivity contribution is 5.79. The molecule has 0 aromatic carbocycles. The second-order valence-corrected chi connectivity index (χ2v) is 4.66. The van der Waals surface area contributed by atoms with E-state index in [9.17, 15) is 22.8 Å². The van der Waals surface area contributed by atoms with Gasteiger partial charge in [-0.2, -0.15) is 13.2 Å². The third-order valence-electron chi connectivity index (χ3n) is 3.31. The molecular formula is C11H16F3NO3. The minimum atomic E-state index is -4.54. The van der Waals surface area contributed by atoms with Crippen molar-refractivity contribution < 1.29 is 27.9 Å². The molecule has 18 heavy (non-hydrogen) atoms. The number of rotatable bonds is 3. The zero-order valence-electron chi connectivity index (χ0n) is 9.96. The summed E-state index contributed by atoms with van der Waals surface area (Å²) in [6.07, 6.45) is -2.94. The van der Waals surface area contributed by atoms with Crippen molar-refractivity contribution in [2.75, 3.05) is 0 Å². The van der Waals surface area contributed by atoms with Crippen LogP contribution in [0.2, 0.25) is 0 Å². The number of aliphatic carboxylic acids is 1. The molecule has 4 nitrogen and oxygen atoms in total. The van der Waals surface area contributed by atoms with Crippen LogP contribution in [0, 0.1) is 11.8 Å². The number of carboxylic acid groups (broad SMARTS) is 1. The Morgan fingerprint density at radius 2 is 1.72 bits per heavy atom. The normalized spacial score (nSPS) is 26.4. The molecule has 1 aliphatic carbocycles. The standard InChI is InChI=1S/C11H16F3NO3/c1-6(11(12,13)14)9(16)15-8-4-2-7(3-5-8)10(17)18/h6-8H,2-5H2,1H3,(H,15,16)(H,17,18). The molecule has 0 bridgehead atoms. The molecule has 0 aromatic rings. The molecule has 1 unspecified atom stereocenters. The van der Waals surface area contributed by atoms with Crippen LogP contribution in [0.4, 0.5) is 13.2 Å². The van der Waals surface area contributed by atoms with Crippen molar-refractivity contribution in [3.8, 4) is 0 Å². The van der Waals surface area contributed by atoms with Gasteiger partial charge in [-0.05, 0) is 32.6 Å². The van der Waals surface area contributed by atoms with Gasteiger partial charge in [-0.1, -0.05) is 0 Å². The second kappa shape index (κ2) is 5.58. The molecule has 1 saturated carbocycles. The Morgan fingerprint density at radius 3 is 2.11 bits per heavy atom. The summed E-state index contributed by atoms with van der Waals surface area (Å²) in [5, 5.41) is 11.1. The van der Waals surface area contributed by atoms with Gasteiger partial charge in [0.2, 0.25) is 5.91 Å². The van der Waals surface area contributed by atoms with Crippen molar-refractivity contribution in [1.29, 1.82) is 0 Å². The van der Waals surface area contributed by atoms with Crippen molar-refractivity contribution in [1.82, 2.24) is 5.32 Å². The lowest BCUT2D eigenvalue weighted by molar-refractivity contribution is -0.179. The third-order valence-corrected chi connectivity index (χ3v) is 3.31. The predicted octanol–water partition coefficient (Wildman–Crippen LogP) is 1.94. The summed E-state index contributed by atoms with van der Waals surface area (Å²) in [6, 6.07) is -0.349. The first-order valence-corrected chi connectivity index (χ1v) is 5.81. The third kappa shape index (κ3) is 3.89. The summed E-state index contributed by atoms with van der Waals surface area (Å²) in [6.45, 7) is 0.818. The van der Waals surface area contributed by atoms with Gasteiger partial charge in [0.1, 0.15) is 5.92 Å². The van der Waals surface area contributed by atoms with E-state index in [0.717, 1.165) is 6.92 Å². The monoisotopic (exact) mass is 267 g/mol. The largest absolute Gasteiger partial charge is 0.481 e. The van der Waals surface area contributed by atoms with E-state index in [4.69, 9.17) is 5.11 Å². The van der Waals surface area contributed by atoms with E-state index >= 15 is 0 Å². The quantitative estimate of drug-likeness (QED) is 0.821. The molecule has 1 amide bonds. The highest BCUT2D eigenvalue weighted by Gasteiger charge is 2.41. The molecule has 0 saturated heterocycles. The van der Waals surface area contributed by atoms with Crippen LogP contribution >= 0.6 is 0 Å². The predicted molar refractivity (Wildman–Crippen MR) is 56.7 cm³/mol. The van der Waals surface area contributed by atoms with Crippen LogP contribution in [0.3, 0.4) is 0 Å². The number of hydrogen-bond acceptors (Lipinski definition) is 2. The Kier molecular flexibility index (Phi) is 4.59. The molecule has 0 aliphatic heterocycles. The first-order chi connectivity index (χ1) is 8.21. The topological polar surface area (TPSA) is 66.4 Å². The molecule has 2 N–H and O–H groups in total. The van der Waals surface area contributed by atoms with Crippen molar-refractivity contribution >= 4 is 11.9 Å². The minimum absolute atomic E-state index is 0.349. The summed E-state index contributed by atoms with van der Waals surface area (Å²) in [5.41, 5.74) is 0. The molecule has 0 heterocycles. The SMILES string of the molecule is CC(C(=O)NC1CCC(C(=O)O)CC1)C(F)(F)F. The van der Waals surface area contributed by atoms with E-state index in [1.54, 1.807) is 0 Å². The Morgan fingerprint density at radius 1 is 1.22 bits per heavy atom. The molecule has 1 fully saturated rings. The van der Waals surface area contributed by atoms with Crippen LogP contribution in [0.5, 0.6) is 0 Å². The van der Waals surface area contributed by atoms with Crippen molar-refractivity contribution in [3.05, 3.63) is 0 Å². The van der Waals surface area contributed by atoms with Crippen molar-refractivity contribution in [2.24, 2.45) is 11.8 Å². The lowest BCUT2D eigenvalue weighted by atomic mass is 9.86. The Balaban J connectivity index is 2.42. The van der Waals surface area contributed by atoms with Gasteiger partial charge in [0, 0.05) is 6.04 Å². The number of carboxylic acids is 1. The average molecular weight is 267 g/mol. The maximum absolute atomic E-state index is 12.3. The molecule has 1 rings (SSSR count). The number of alkyl halides is 3. The van der Waals surface area contributed by atoms with Gasteiger partial charge in [0.25, 0.3) is 0 Å². The Bertz CT molecular complexity index is 322. The number of carbonyl (C=O) groups is 2. The Hall–Kier alpha value is -1.27. The van der Waals surface area contributed by atoms with Crippen LogP contribution in [0.1, 0.15) is 32.6 Å². The molecule has 0 radical (unpaired) electrons. The van der Waals surface area contributed by atoms with Gasteiger partial charge in [0.15, 0.2) is 0 Å². The van der Waals surface area contributed by atoms with E-state index < -0.39 is 29.9 Å². The van der Waals surface area contributed by atoms with E-state index in [0.29, 0.717) is 25.7 Å². The number of amides is 1. The van der Waals surface area contributed by atoms with Crippen LogP contribution < -0.4 is 5.32 Å². The van der Waals surface area contributed by atoms with Crippen LogP contribution in [-0.4, -0.2) is 29.2 Å². The summed E-state index contributed by atoms with van der Waals surface area (Å²) >= 11 is 0. The fraction of sp³-hybridized carbons (Fsp3) is 0.818. The van der Waals surface area contributed by atoms with Gasteiger partial charge in [-0.15, -0.1) is 0 Å². The maximum Gasteiger partial charge on any atom is 0.400 e. The molecule has 104 valence electrons. The first-order valence-electron chi connectivity index (χ1n) is 5.81. The zero-order chi connectivity index (χ0) is 13.9. The summed E-state index contributed by atoms with van der Waals surface area (Å²) in [4.78, 5) is 22.0. The first kappa shape index (κ1) is 14.8. The molecule has 0 spiro atoms. The van der Waals surface area contributed by atoms with Gasteiger partial charge < -0.3 is 10.4 Å². The van der Waals surface area contributed by atoms with Crippen molar-refractivity contribution in [2.45, 2.75) is 44.8 Å². The lowest BCUT2D eigenvalue weighted by Gasteiger charge is -2.28. The molecule has 0 aromatic heterocycles. The number of carbonyl (C=O) groups excluding carboxylic acids is 1. The van der Waals surface area contributed by atoms with E-state index in [2.05, 4.69) is 5.32 Å². The fourth-order valence-electron chi connectivity index (χ4n) is 1.96. The summed E-state index contributed by atoms with van der Waals surface area (Å²) in [5.74, 6) is -4.41. The zero-order valence-corrected chi connectivity index (χ0v) is 9.96. The fourth-order valence-corrected chi connectivity index (χ4v) is 1.96. The van der Waals surface area contributed by atoms with Crippen LogP contribution in [-0.2, 0) is 9.59 Å². The number of nitrogens with one attached hydrogen (secondary N) is 1. The lowest BCUT2D eigenvalue weighted by Crippen LogP contribution is -2.44. The second-order valence-electron chi connectivity index (χ2n) is 4.66. The highest BCUT2D eigenvalue weighted by atomic mass is 19.4. The summed E-state index contributed by atoms with van der Waals surface area (Å²) < 4.78 is 36.8. The molecule has 1 aliphatic rings. The highest BCUT2D eigenvalue weighted by Crippen LogP contribution is 2.28. The minimum Gasteiger partial charge on any atom is -0.481 e. The van der Waals surface area contributed by atoms with Gasteiger partial charge in [0.05, 0.1) is 5.92 Å². The van der Waals surface area contributed by atoms with Crippen LogP contribution in [0.25, 0.3) is 0 Å². The molecular weight excluding hydrogens is 251 g/mol. The maximum atomic E-state index is 12.3. The average Bonchev–Trinajstić information content (AvgIpc) is 2.27. The van der Waals surface area contributed by atoms with Gasteiger partial charge in [-0.25, -0.2) is 0 Å². The van der Waals surface area contributed by atoms with Gasteiger partial charge in [-0.3, -0.25) is 9.59 Å². The van der Waals surface area contributed by atoms with Gasteiger partial charge >= 0.3 is 12.1 Å². The van der Waals surface area contributed by atoms with Crippen LogP contribution in [0.15, 0.2) is 0 Å². The van der Waals surface area contributed by atoms with E-state index in [-0.39, 0.29) is 6.04 Å². The number of hydrogen-bond donors (Lipinski definition) is 2. The van der Waals surface area contributed by atoms with E-state index in [1.807, 2.05) is 0 Å². The molecule has 1 atom stereocenters. The smallest absolute Gasteiger partial charge is 0.400 e. The van der Waals surface area contributed by atoms with Crippen molar-refractivity contribution in [3.63, 3.8) is 0 Å².